The Balaban J connectivity index is 1.87. The molecule has 0 saturated heterocycles. The average molecular weight is 364 g/mol. The molecule has 1 aromatic heterocycles. The Morgan fingerprint density at radius 3 is 2.61 bits per heavy atom. The number of hydrogen-bond acceptors (Lipinski definition) is 3. The first-order valence-electron chi connectivity index (χ1n) is 7.10. The predicted octanol–water partition coefficient (Wildman–Crippen LogP) is 5.48. The van der Waals surface area contributed by atoms with Gasteiger partial charge in [-0.2, -0.15) is 0 Å². The van der Waals surface area contributed by atoms with Gasteiger partial charge < -0.3 is 0 Å². The van der Waals surface area contributed by atoms with Gasteiger partial charge >= 0.3 is 0 Å². The molecule has 0 unspecified atom stereocenters. The van der Waals surface area contributed by atoms with Crippen LogP contribution in [0.2, 0.25) is 10.0 Å². The first-order valence-corrected chi connectivity index (χ1v) is 8.84. The third-order valence-corrected chi connectivity index (χ3v) is 4.99. The second-order valence-electron chi connectivity index (χ2n) is 5.23. The summed E-state index contributed by atoms with van der Waals surface area (Å²) in [5, 5.41) is 10.7. The molecule has 0 fully saturated rings. The van der Waals surface area contributed by atoms with Gasteiger partial charge in [-0.3, -0.25) is 4.57 Å². The summed E-state index contributed by atoms with van der Waals surface area (Å²) in [6.45, 7) is 4.03. The SMILES string of the molecule is Cc1cccc(-n2c(C)nnc2SCc2ccc(Cl)cc2Cl)c1. The Morgan fingerprint density at radius 2 is 1.87 bits per heavy atom. The lowest BCUT2D eigenvalue weighted by atomic mass is 10.2. The predicted molar refractivity (Wildman–Crippen MR) is 96.9 cm³/mol. The van der Waals surface area contributed by atoms with Crippen LogP contribution in [0.4, 0.5) is 0 Å². The van der Waals surface area contributed by atoms with E-state index in [1.165, 1.54) is 5.56 Å². The van der Waals surface area contributed by atoms with Gasteiger partial charge in [0.1, 0.15) is 5.82 Å². The van der Waals surface area contributed by atoms with E-state index in [0.717, 1.165) is 22.2 Å². The van der Waals surface area contributed by atoms with Gasteiger partial charge in [-0.05, 0) is 49.2 Å². The largest absolute Gasteiger partial charge is 0.274 e. The molecule has 2 aromatic carbocycles. The van der Waals surface area contributed by atoms with E-state index in [-0.39, 0.29) is 0 Å². The van der Waals surface area contributed by atoms with Crippen molar-refractivity contribution < 1.29 is 0 Å². The van der Waals surface area contributed by atoms with Crippen molar-refractivity contribution in [3.05, 3.63) is 69.5 Å². The number of nitrogens with zero attached hydrogens (tertiary/aromatic N) is 3. The number of halogens is 2. The third kappa shape index (κ3) is 3.71. The molecular weight excluding hydrogens is 349 g/mol. The Bertz CT molecular complexity index is 846. The van der Waals surface area contributed by atoms with Crippen LogP contribution in [0.5, 0.6) is 0 Å². The van der Waals surface area contributed by atoms with Crippen LogP contribution in [-0.2, 0) is 5.75 Å². The highest BCUT2D eigenvalue weighted by Crippen LogP contribution is 2.29. The van der Waals surface area contributed by atoms with Crippen LogP contribution in [0.1, 0.15) is 17.0 Å². The van der Waals surface area contributed by atoms with Crippen LogP contribution >= 0.6 is 35.0 Å². The summed E-state index contributed by atoms with van der Waals surface area (Å²) < 4.78 is 2.06. The minimum absolute atomic E-state index is 0.641. The second-order valence-corrected chi connectivity index (χ2v) is 7.01. The van der Waals surface area contributed by atoms with Crippen LogP contribution in [0.25, 0.3) is 5.69 Å². The zero-order valence-corrected chi connectivity index (χ0v) is 15.1. The van der Waals surface area contributed by atoms with Gasteiger partial charge in [0.05, 0.1) is 0 Å². The normalized spacial score (nSPS) is 11.0. The van der Waals surface area contributed by atoms with Crippen molar-refractivity contribution in [1.29, 1.82) is 0 Å². The molecule has 0 radical (unpaired) electrons. The number of thioether (sulfide) groups is 1. The summed E-state index contributed by atoms with van der Waals surface area (Å²) in [6, 6.07) is 13.8. The maximum Gasteiger partial charge on any atom is 0.196 e. The van der Waals surface area contributed by atoms with E-state index in [9.17, 15) is 0 Å². The molecule has 0 N–H and O–H groups in total. The van der Waals surface area contributed by atoms with Gasteiger partial charge in [-0.1, -0.05) is 53.2 Å². The fraction of sp³-hybridized carbons (Fsp3) is 0.176. The first kappa shape index (κ1) is 16.4. The molecule has 0 amide bonds. The van der Waals surface area contributed by atoms with E-state index in [4.69, 9.17) is 23.2 Å². The minimum atomic E-state index is 0.641. The van der Waals surface area contributed by atoms with Gasteiger partial charge in [0.2, 0.25) is 0 Å². The summed E-state index contributed by atoms with van der Waals surface area (Å²) in [5.74, 6) is 1.57. The van der Waals surface area contributed by atoms with E-state index in [2.05, 4.69) is 39.9 Å². The van der Waals surface area contributed by atoms with Crippen LogP contribution < -0.4 is 0 Å². The lowest BCUT2D eigenvalue weighted by molar-refractivity contribution is 0.867. The Hall–Kier alpha value is -1.49. The molecule has 0 aliphatic rings. The van der Waals surface area contributed by atoms with Gasteiger partial charge in [0, 0.05) is 21.5 Å². The van der Waals surface area contributed by atoms with Crippen molar-refractivity contribution in [3.8, 4) is 5.69 Å². The highest BCUT2D eigenvalue weighted by atomic mass is 35.5. The maximum absolute atomic E-state index is 6.24. The smallest absolute Gasteiger partial charge is 0.196 e. The lowest BCUT2D eigenvalue weighted by Crippen LogP contribution is -1.99. The molecule has 3 rings (SSSR count). The Kier molecular flexibility index (Phi) is 4.95. The van der Waals surface area contributed by atoms with Crippen molar-refractivity contribution in [2.24, 2.45) is 0 Å². The highest BCUT2D eigenvalue weighted by molar-refractivity contribution is 7.98. The summed E-state index contributed by atoms with van der Waals surface area (Å²) in [5.41, 5.74) is 3.29. The maximum atomic E-state index is 6.24. The summed E-state index contributed by atoms with van der Waals surface area (Å²) in [6.07, 6.45) is 0. The standard InChI is InChI=1S/C17H15Cl2N3S/c1-11-4-3-5-15(8-11)22-12(2)20-21-17(22)23-10-13-6-7-14(18)9-16(13)19/h3-9H,10H2,1-2H3. The molecule has 3 nitrogen and oxygen atoms in total. The van der Waals surface area contributed by atoms with Crippen molar-refractivity contribution in [1.82, 2.24) is 14.8 Å². The third-order valence-electron chi connectivity index (χ3n) is 3.43. The molecule has 0 aliphatic carbocycles. The Labute approximate surface area is 149 Å². The quantitative estimate of drug-likeness (QED) is 0.574. The molecule has 3 aromatic rings. The van der Waals surface area contributed by atoms with Crippen LogP contribution in [0.3, 0.4) is 0 Å². The van der Waals surface area contributed by atoms with Crippen LogP contribution in [0, 0.1) is 13.8 Å². The number of hydrogen-bond donors (Lipinski definition) is 0. The van der Waals surface area contributed by atoms with Crippen molar-refractivity contribution in [3.63, 3.8) is 0 Å². The monoisotopic (exact) mass is 363 g/mol. The number of aryl methyl sites for hydroxylation is 2. The van der Waals surface area contributed by atoms with E-state index >= 15 is 0 Å². The van der Waals surface area contributed by atoms with E-state index < -0.39 is 0 Å². The molecule has 23 heavy (non-hydrogen) atoms. The Morgan fingerprint density at radius 1 is 1.04 bits per heavy atom. The van der Waals surface area contributed by atoms with Crippen molar-refractivity contribution in [2.75, 3.05) is 0 Å². The molecular formula is C17H15Cl2N3S. The average Bonchev–Trinajstić information content (AvgIpc) is 2.87. The fourth-order valence-corrected chi connectivity index (χ4v) is 3.84. The molecule has 6 heteroatoms. The zero-order chi connectivity index (χ0) is 16.4. The van der Waals surface area contributed by atoms with Crippen molar-refractivity contribution >= 4 is 35.0 Å². The fourth-order valence-electron chi connectivity index (χ4n) is 2.28. The molecule has 0 aliphatic heterocycles. The van der Waals surface area contributed by atoms with Gasteiger partial charge in [0.25, 0.3) is 0 Å². The molecule has 0 atom stereocenters. The highest BCUT2D eigenvalue weighted by Gasteiger charge is 2.12. The summed E-state index contributed by atoms with van der Waals surface area (Å²) in [4.78, 5) is 0. The molecule has 1 heterocycles. The van der Waals surface area contributed by atoms with E-state index in [1.54, 1.807) is 17.8 Å². The van der Waals surface area contributed by atoms with E-state index in [1.807, 2.05) is 25.1 Å². The van der Waals surface area contributed by atoms with Gasteiger partial charge in [-0.15, -0.1) is 10.2 Å². The lowest BCUT2D eigenvalue weighted by Gasteiger charge is -2.09. The summed E-state index contributed by atoms with van der Waals surface area (Å²) in [7, 11) is 0. The topological polar surface area (TPSA) is 30.7 Å². The number of aromatic nitrogens is 3. The number of benzene rings is 2. The number of rotatable bonds is 4. The van der Waals surface area contributed by atoms with Crippen LogP contribution in [-0.4, -0.2) is 14.8 Å². The zero-order valence-electron chi connectivity index (χ0n) is 12.8. The second kappa shape index (κ2) is 6.95. The van der Waals surface area contributed by atoms with E-state index in [0.29, 0.717) is 15.8 Å². The molecule has 118 valence electrons. The van der Waals surface area contributed by atoms with Gasteiger partial charge in [-0.25, -0.2) is 0 Å². The minimum Gasteiger partial charge on any atom is -0.274 e. The molecule has 0 bridgehead atoms. The van der Waals surface area contributed by atoms with Crippen LogP contribution in [0.15, 0.2) is 47.6 Å². The molecule has 0 spiro atoms. The molecule has 0 saturated carbocycles. The first-order chi connectivity index (χ1) is 11.0. The van der Waals surface area contributed by atoms with Crippen molar-refractivity contribution in [2.45, 2.75) is 24.8 Å². The van der Waals surface area contributed by atoms with Gasteiger partial charge in [0.15, 0.2) is 5.16 Å². The summed E-state index contributed by atoms with van der Waals surface area (Å²) >= 11 is 13.8.